The molecule has 4 rings (SSSR count). The van der Waals surface area contributed by atoms with Crippen LogP contribution in [0.25, 0.3) is 22.4 Å². The lowest BCUT2D eigenvalue weighted by Gasteiger charge is -2.02. The number of anilines is 1. The van der Waals surface area contributed by atoms with Gasteiger partial charge < -0.3 is 14.8 Å². The van der Waals surface area contributed by atoms with E-state index in [0.717, 1.165) is 27.8 Å². The van der Waals surface area contributed by atoms with Crippen molar-refractivity contribution in [3.8, 4) is 11.4 Å². The van der Waals surface area contributed by atoms with Gasteiger partial charge in [-0.3, -0.25) is 9.36 Å². The molecule has 136 valence electrons. The van der Waals surface area contributed by atoms with Gasteiger partial charge >= 0.3 is 5.69 Å². The third-order valence-electron chi connectivity index (χ3n) is 4.26. The maximum absolute atomic E-state index is 11.7. The SMILES string of the molecule is CC(=O)Nc1ccc(Cc2nc(-c3ccc4c(c3)[nH]c(=O)n4C)no2)cc1. The van der Waals surface area contributed by atoms with E-state index in [2.05, 4.69) is 20.4 Å². The van der Waals surface area contributed by atoms with E-state index < -0.39 is 0 Å². The third-order valence-corrected chi connectivity index (χ3v) is 4.26. The Balaban J connectivity index is 1.54. The number of nitrogens with one attached hydrogen (secondary N) is 2. The summed E-state index contributed by atoms with van der Waals surface area (Å²) in [5.74, 6) is 0.839. The summed E-state index contributed by atoms with van der Waals surface area (Å²) in [5, 5.41) is 6.76. The Kier molecular flexibility index (Phi) is 4.08. The maximum Gasteiger partial charge on any atom is 0.326 e. The zero-order valence-corrected chi connectivity index (χ0v) is 14.8. The summed E-state index contributed by atoms with van der Waals surface area (Å²) in [7, 11) is 1.71. The topological polar surface area (TPSA) is 106 Å². The molecule has 0 unspecified atom stereocenters. The van der Waals surface area contributed by atoms with Crippen LogP contribution in [-0.2, 0) is 18.3 Å². The quantitative estimate of drug-likeness (QED) is 0.579. The molecule has 0 fully saturated rings. The summed E-state index contributed by atoms with van der Waals surface area (Å²) in [6, 6.07) is 13.0. The molecule has 2 N–H and O–H groups in total. The summed E-state index contributed by atoms with van der Waals surface area (Å²) < 4.78 is 6.90. The van der Waals surface area contributed by atoms with Crippen molar-refractivity contribution in [1.82, 2.24) is 19.7 Å². The predicted molar refractivity (Wildman–Crippen MR) is 100 cm³/mol. The highest BCUT2D eigenvalue weighted by Gasteiger charge is 2.12. The minimum absolute atomic E-state index is 0.110. The van der Waals surface area contributed by atoms with Gasteiger partial charge in [-0.15, -0.1) is 0 Å². The fourth-order valence-electron chi connectivity index (χ4n) is 2.90. The lowest BCUT2D eigenvalue weighted by atomic mass is 10.1. The van der Waals surface area contributed by atoms with Crippen molar-refractivity contribution in [1.29, 1.82) is 0 Å². The fourth-order valence-corrected chi connectivity index (χ4v) is 2.90. The molecule has 0 saturated carbocycles. The van der Waals surface area contributed by atoms with Crippen molar-refractivity contribution in [3.63, 3.8) is 0 Å². The van der Waals surface area contributed by atoms with Crippen LogP contribution in [0.1, 0.15) is 18.4 Å². The minimum Gasteiger partial charge on any atom is -0.339 e. The van der Waals surface area contributed by atoms with Crippen molar-refractivity contribution in [3.05, 3.63) is 64.4 Å². The molecule has 2 heterocycles. The maximum atomic E-state index is 11.7. The summed E-state index contributed by atoms with van der Waals surface area (Å²) in [4.78, 5) is 30.0. The van der Waals surface area contributed by atoms with Crippen LogP contribution in [0.5, 0.6) is 0 Å². The number of nitrogens with zero attached hydrogens (tertiary/aromatic N) is 3. The predicted octanol–water partition coefficient (Wildman–Crippen LogP) is 2.47. The largest absolute Gasteiger partial charge is 0.339 e. The van der Waals surface area contributed by atoms with Crippen LogP contribution in [0.15, 0.2) is 51.8 Å². The Morgan fingerprint density at radius 1 is 1.22 bits per heavy atom. The molecule has 0 aliphatic heterocycles. The summed E-state index contributed by atoms with van der Waals surface area (Å²) in [6.07, 6.45) is 0.484. The normalized spacial score (nSPS) is 11.0. The van der Waals surface area contributed by atoms with Crippen LogP contribution in [0.4, 0.5) is 5.69 Å². The van der Waals surface area contributed by atoms with Gasteiger partial charge in [0.15, 0.2) is 0 Å². The molecule has 27 heavy (non-hydrogen) atoms. The number of carbonyl (C=O) groups is 1. The first kappa shape index (κ1) is 16.8. The van der Waals surface area contributed by atoms with E-state index in [-0.39, 0.29) is 11.6 Å². The second-order valence-corrected chi connectivity index (χ2v) is 6.29. The first-order chi connectivity index (χ1) is 13.0. The number of H-pyrrole nitrogens is 1. The van der Waals surface area contributed by atoms with Gasteiger partial charge in [-0.2, -0.15) is 4.98 Å². The monoisotopic (exact) mass is 363 g/mol. The van der Waals surface area contributed by atoms with Gasteiger partial charge in [0, 0.05) is 25.2 Å². The van der Waals surface area contributed by atoms with Crippen LogP contribution in [-0.4, -0.2) is 25.6 Å². The third kappa shape index (κ3) is 3.37. The van der Waals surface area contributed by atoms with E-state index in [1.807, 2.05) is 42.5 Å². The second kappa shape index (κ2) is 6.56. The molecule has 0 spiro atoms. The Hall–Kier alpha value is -3.68. The van der Waals surface area contributed by atoms with Crippen LogP contribution in [0.2, 0.25) is 0 Å². The molecule has 0 bridgehead atoms. The molecular formula is C19H17N5O3. The van der Waals surface area contributed by atoms with Gasteiger partial charge in [-0.1, -0.05) is 17.3 Å². The lowest BCUT2D eigenvalue weighted by Crippen LogP contribution is -2.11. The van der Waals surface area contributed by atoms with E-state index in [9.17, 15) is 9.59 Å². The van der Waals surface area contributed by atoms with Gasteiger partial charge in [0.05, 0.1) is 17.5 Å². The lowest BCUT2D eigenvalue weighted by molar-refractivity contribution is -0.114. The average molecular weight is 363 g/mol. The van der Waals surface area contributed by atoms with E-state index >= 15 is 0 Å². The van der Waals surface area contributed by atoms with Crippen molar-refractivity contribution in [2.75, 3.05) is 5.32 Å². The average Bonchev–Trinajstić information content (AvgIpc) is 3.21. The standard InChI is InChI=1S/C19H17N5O3/c1-11(25)20-14-6-3-12(4-7-14)9-17-22-18(23-27-17)13-5-8-16-15(10-13)21-19(26)24(16)2/h3-8,10H,9H2,1-2H3,(H,20,25)(H,21,26). The first-order valence-electron chi connectivity index (χ1n) is 8.38. The van der Waals surface area contributed by atoms with Crippen molar-refractivity contribution < 1.29 is 9.32 Å². The molecule has 4 aromatic rings. The number of rotatable bonds is 4. The summed E-state index contributed by atoms with van der Waals surface area (Å²) in [6.45, 7) is 1.47. The second-order valence-electron chi connectivity index (χ2n) is 6.29. The van der Waals surface area contributed by atoms with Gasteiger partial charge in [0.25, 0.3) is 0 Å². The van der Waals surface area contributed by atoms with Crippen LogP contribution < -0.4 is 11.0 Å². The Morgan fingerprint density at radius 3 is 2.74 bits per heavy atom. The van der Waals surface area contributed by atoms with Gasteiger partial charge in [-0.25, -0.2) is 4.79 Å². The molecule has 2 aromatic carbocycles. The van der Waals surface area contributed by atoms with E-state index in [1.165, 1.54) is 6.92 Å². The number of amides is 1. The van der Waals surface area contributed by atoms with Crippen molar-refractivity contribution >= 4 is 22.6 Å². The molecule has 0 atom stereocenters. The molecule has 0 radical (unpaired) electrons. The molecule has 0 saturated heterocycles. The van der Waals surface area contributed by atoms with Gasteiger partial charge in [0.1, 0.15) is 0 Å². The number of hydrogen-bond donors (Lipinski definition) is 2. The number of aromatic amines is 1. The van der Waals surface area contributed by atoms with Crippen LogP contribution >= 0.6 is 0 Å². The Bertz CT molecular complexity index is 1180. The molecule has 8 nitrogen and oxygen atoms in total. The number of carbonyl (C=O) groups excluding carboxylic acids is 1. The van der Waals surface area contributed by atoms with Gasteiger partial charge in [-0.05, 0) is 35.9 Å². The number of imidazole rings is 1. The molecular weight excluding hydrogens is 346 g/mol. The van der Waals surface area contributed by atoms with E-state index in [0.29, 0.717) is 18.1 Å². The molecule has 0 aliphatic rings. The zero-order valence-electron chi connectivity index (χ0n) is 14.8. The number of aromatic nitrogens is 4. The molecule has 2 aromatic heterocycles. The molecule has 1 amide bonds. The van der Waals surface area contributed by atoms with Crippen molar-refractivity contribution in [2.24, 2.45) is 7.05 Å². The first-order valence-corrected chi connectivity index (χ1v) is 8.38. The molecule has 8 heteroatoms. The molecule has 0 aliphatic carbocycles. The van der Waals surface area contributed by atoms with Crippen LogP contribution in [0, 0.1) is 0 Å². The smallest absolute Gasteiger partial charge is 0.326 e. The number of fused-ring (bicyclic) bond motifs is 1. The Morgan fingerprint density at radius 2 is 2.00 bits per heavy atom. The van der Waals surface area contributed by atoms with Crippen LogP contribution in [0.3, 0.4) is 0 Å². The summed E-state index contributed by atoms with van der Waals surface area (Å²) >= 11 is 0. The Labute approximate surface area is 153 Å². The minimum atomic E-state index is -0.168. The highest BCUT2D eigenvalue weighted by molar-refractivity contribution is 5.88. The number of aryl methyl sites for hydroxylation is 1. The highest BCUT2D eigenvalue weighted by Crippen LogP contribution is 2.21. The van der Waals surface area contributed by atoms with Gasteiger partial charge in [0.2, 0.25) is 17.6 Å². The summed E-state index contributed by atoms with van der Waals surface area (Å²) in [5.41, 5.74) is 3.86. The highest BCUT2D eigenvalue weighted by atomic mass is 16.5. The fraction of sp³-hybridized carbons (Fsp3) is 0.158. The number of benzene rings is 2. The van der Waals surface area contributed by atoms with E-state index in [1.54, 1.807) is 11.6 Å². The van der Waals surface area contributed by atoms with Crippen molar-refractivity contribution in [2.45, 2.75) is 13.3 Å². The zero-order chi connectivity index (χ0) is 19.0. The van der Waals surface area contributed by atoms with E-state index in [4.69, 9.17) is 4.52 Å². The number of hydrogen-bond acceptors (Lipinski definition) is 5.